The molecule has 4 nitrogen and oxygen atoms in total. The molecule has 2 aromatic rings. The fourth-order valence-corrected chi connectivity index (χ4v) is 2.04. The number of benzene rings is 2. The van der Waals surface area contributed by atoms with Gasteiger partial charge in [0.2, 0.25) is 0 Å². The third kappa shape index (κ3) is 6.33. The molecule has 2 N–H and O–H groups in total. The van der Waals surface area contributed by atoms with Gasteiger partial charge < -0.3 is 15.2 Å². The quantitative estimate of drug-likeness (QED) is 0.664. The lowest BCUT2D eigenvalue weighted by Gasteiger charge is -2.05. The van der Waals surface area contributed by atoms with E-state index in [9.17, 15) is 9.90 Å². The summed E-state index contributed by atoms with van der Waals surface area (Å²) in [4.78, 5) is 11.5. The summed E-state index contributed by atoms with van der Waals surface area (Å²) in [6, 6.07) is 14.1. The molecule has 118 valence electrons. The molecule has 2 rings (SSSR count). The predicted octanol–water partition coefficient (Wildman–Crippen LogP) is 3.71. The van der Waals surface area contributed by atoms with Crippen LogP contribution in [-0.4, -0.2) is 17.7 Å². The van der Waals surface area contributed by atoms with Crippen LogP contribution in [0.3, 0.4) is 0 Å². The highest BCUT2D eigenvalue weighted by Gasteiger charge is 2.00. The van der Waals surface area contributed by atoms with Gasteiger partial charge in [0, 0.05) is 23.6 Å². The van der Waals surface area contributed by atoms with Crippen LogP contribution < -0.4 is 5.32 Å². The van der Waals surface area contributed by atoms with Crippen LogP contribution in [-0.2, 0) is 11.3 Å². The van der Waals surface area contributed by atoms with E-state index in [2.05, 4.69) is 17.2 Å². The summed E-state index contributed by atoms with van der Waals surface area (Å²) < 4.78 is 5.08. The largest absolute Gasteiger partial charge is 0.508 e. The zero-order valence-electron chi connectivity index (χ0n) is 12.4. The Hall–Kier alpha value is -2.64. The van der Waals surface area contributed by atoms with Gasteiger partial charge in [-0.15, -0.1) is 0 Å². The maximum absolute atomic E-state index is 11.5. The molecule has 0 unspecified atom stereocenters. The first-order chi connectivity index (χ1) is 11.1. The highest BCUT2D eigenvalue weighted by atomic mass is 35.5. The number of phenolic OH excluding ortho intramolecular Hbond substituents is 1. The number of amides is 1. The average molecular weight is 330 g/mol. The van der Waals surface area contributed by atoms with Crippen LogP contribution in [0.15, 0.2) is 48.5 Å². The van der Waals surface area contributed by atoms with Crippen LogP contribution in [0, 0.1) is 11.8 Å². The second kappa shape index (κ2) is 8.72. The summed E-state index contributed by atoms with van der Waals surface area (Å²) in [5.74, 6) is 5.84. The Morgan fingerprint density at radius 1 is 1.22 bits per heavy atom. The summed E-state index contributed by atoms with van der Waals surface area (Å²) in [5.41, 5.74) is 1.56. The van der Waals surface area contributed by atoms with Gasteiger partial charge in [-0.1, -0.05) is 53.8 Å². The molecule has 0 aliphatic rings. The Bertz CT molecular complexity index is 700. The molecule has 0 atom stereocenters. The molecule has 0 aromatic heterocycles. The van der Waals surface area contributed by atoms with Crippen molar-refractivity contribution in [3.63, 3.8) is 0 Å². The van der Waals surface area contributed by atoms with Crippen molar-refractivity contribution in [1.82, 2.24) is 5.32 Å². The van der Waals surface area contributed by atoms with Gasteiger partial charge in [-0.3, -0.25) is 0 Å². The van der Waals surface area contributed by atoms with E-state index in [0.717, 1.165) is 5.56 Å². The standard InChI is InChI=1S/C18H16ClNO3/c19-16-10-15(11-17(21)12-16)8-4-5-9-20-18(22)23-13-14-6-2-1-3-7-14/h1-3,6-7,10-12,21H,5,9,13H2,(H,20,22). The van der Waals surface area contributed by atoms with E-state index >= 15 is 0 Å². The maximum atomic E-state index is 11.5. The van der Waals surface area contributed by atoms with Gasteiger partial charge >= 0.3 is 6.09 Å². The molecule has 23 heavy (non-hydrogen) atoms. The van der Waals surface area contributed by atoms with Crippen molar-refractivity contribution in [2.24, 2.45) is 0 Å². The molecule has 2 aromatic carbocycles. The Balaban J connectivity index is 1.69. The molecule has 0 radical (unpaired) electrons. The number of nitrogens with one attached hydrogen (secondary N) is 1. The number of hydrogen-bond acceptors (Lipinski definition) is 3. The van der Waals surface area contributed by atoms with E-state index in [0.29, 0.717) is 23.6 Å². The van der Waals surface area contributed by atoms with E-state index < -0.39 is 6.09 Å². The van der Waals surface area contributed by atoms with Crippen molar-refractivity contribution < 1.29 is 14.6 Å². The maximum Gasteiger partial charge on any atom is 0.407 e. The lowest BCUT2D eigenvalue weighted by molar-refractivity contribution is 0.140. The first-order valence-corrected chi connectivity index (χ1v) is 7.44. The number of hydrogen-bond donors (Lipinski definition) is 2. The van der Waals surface area contributed by atoms with Gasteiger partial charge in [0.05, 0.1) is 0 Å². The molecule has 0 aliphatic heterocycles. The summed E-state index contributed by atoms with van der Waals surface area (Å²) >= 11 is 5.82. The molecule has 1 amide bonds. The molecule has 0 spiro atoms. The highest BCUT2D eigenvalue weighted by Crippen LogP contribution is 2.18. The minimum absolute atomic E-state index is 0.0735. The Kier molecular flexibility index (Phi) is 6.34. The Morgan fingerprint density at radius 2 is 2.00 bits per heavy atom. The fourth-order valence-electron chi connectivity index (χ4n) is 1.81. The zero-order valence-corrected chi connectivity index (χ0v) is 13.1. The SMILES string of the molecule is O=C(NCCC#Cc1cc(O)cc(Cl)c1)OCc1ccccc1. The van der Waals surface area contributed by atoms with Crippen LogP contribution in [0.2, 0.25) is 5.02 Å². The molecule has 5 heteroatoms. The summed E-state index contributed by atoms with van der Waals surface area (Å²) in [5, 5.41) is 12.4. The van der Waals surface area contributed by atoms with Gasteiger partial charge in [0.15, 0.2) is 0 Å². The Labute approximate surface area is 140 Å². The third-order valence-corrected chi connectivity index (χ3v) is 3.07. The lowest BCUT2D eigenvalue weighted by atomic mass is 10.2. The number of aromatic hydroxyl groups is 1. The van der Waals surface area contributed by atoms with Gasteiger partial charge in [-0.25, -0.2) is 4.79 Å². The van der Waals surface area contributed by atoms with Crippen molar-refractivity contribution in [2.45, 2.75) is 13.0 Å². The summed E-state index contributed by atoms with van der Waals surface area (Å²) in [7, 11) is 0. The van der Waals surface area contributed by atoms with Crippen molar-refractivity contribution in [3.05, 3.63) is 64.7 Å². The molecule has 0 bridgehead atoms. The smallest absolute Gasteiger partial charge is 0.407 e. The number of carbonyl (C=O) groups excluding carboxylic acids is 1. The Morgan fingerprint density at radius 3 is 2.74 bits per heavy atom. The first-order valence-electron chi connectivity index (χ1n) is 7.06. The molecule has 0 saturated carbocycles. The number of phenols is 1. The van der Waals surface area contributed by atoms with Gasteiger partial charge in [-0.2, -0.15) is 0 Å². The monoisotopic (exact) mass is 329 g/mol. The molecule has 0 fully saturated rings. The molecular weight excluding hydrogens is 314 g/mol. The number of rotatable bonds is 4. The average Bonchev–Trinajstić information content (AvgIpc) is 2.53. The van der Waals surface area contributed by atoms with Crippen LogP contribution in [0.1, 0.15) is 17.5 Å². The van der Waals surface area contributed by atoms with Crippen LogP contribution >= 0.6 is 11.6 Å². The van der Waals surface area contributed by atoms with Gasteiger partial charge in [-0.05, 0) is 23.8 Å². The second-order valence-corrected chi connectivity index (χ2v) is 5.17. The van der Waals surface area contributed by atoms with E-state index in [4.69, 9.17) is 16.3 Å². The number of halogens is 1. The predicted molar refractivity (Wildman–Crippen MR) is 89.2 cm³/mol. The highest BCUT2D eigenvalue weighted by molar-refractivity contribution is 6.30. The van der Waals surface area contributed by atoms with Gasteiger partial charge in [0.25, 0.3) is 0 Å². The first kappa shape index (κ1) is 16.7. The van der Waals surface area contributed by atoms with E-state index in [1.54, 1.807) is 6.07 Å². The van der Waals surface area contributed by atoms with Crippen molar-refractivity contribution >= 4 is 17.7 Å². The number of carbonyl (C=O) groups is 1. The topological polar surface area (TPSA) is 58.6 Å². The minimum Gasteiger partial charge on any atom is -0.508 e. The third-order valence-electron chi connectivity index (χ3n) is 2.85. The molecule has 0 saturated heterocycles. The van der Waals surface area contributed by atoms with E-state index in [1.807, 2.05) is 30.3 Å². The van der Waals surface area contributed by atoms with Crippen LogP contribution in [0.5, 0.6) is 5.75 Å². The van der Waals surface area contributed by atoms with Gasteiger partial charge in [0.1, 0.15) is 12.4 Å². The van der Waals surface area contributed by atoms with Crippen LogP contribution in [0.4, 0.5) is 4.79 Å². The van der Waals surface area contributed by atoms with Crippen molar-refractivity contribution in [1.29, 1.82) is 0 Å². The zero-order chi connectivity index (χ0) is 16.5. The molecule has 0 heterocycles. The second-order valence-electron chi connectivity index (χ2n) is 4.74. The molecule has 0 aliphatic carbocycles. The van der Waals surface area contributed by atoms with Crippen molar-refractivity contribution in [3.8, 4) is 17.6 Å². The van der Waals surface area contributed by atoms with E-state index in [-0.39, 0.29) is 12.4 Å². The van der Waals surface area contributed by atoms with Crippen molar-refractivity contribution in [2.75, 3.05) is 6.54 Å². The number of ether oxygens (including phenoxy) is 1. The minimum atomic E-state index is -0.476. The summed E-state index contributed by atoms with van der Waals surface area (Å²) in [6.45, 7) is 0.618. The lowest BCUT2D eigenvalue weighted by Crippen LogP contribution is -2.24. The summed E-state index contributed by atoms with van der Waals surface area (Å²) in [6.07, 6.45) is -0.00989. The van der Waals surface area contributed by atoms with E-state index in [1.165, 1.54) is 12.1 Å². The number of alkyl carbamates (subject to hydrolysis) is 1. The fraction of sp³-hybridized carbons (Fsp3) is 0.167. The molecular formula is C18H16ClNO3. The van der Waals surface area contributed by atoms with Crippen LogP contribution in [0.25, 0.3) is 0 Å². The normalized spacial score (nSPS) is 9.61.